The number of hydrogen-bond donors (Lipinski definition) is 5. The Kier molecular flexibility index (Phi) is 24.0. The number of anilines is 5. The van der Waals surface area contributed by atoms with Gasteiger partial charge >= 0.3 is 22.1 Å². The van der Waals surface area contributed by atoms with Crippen LogP contribution in [0.2, 0.25) is 5.28 Å². The van der Waals surface area contributed by atoms with Gasteiger partial charge in [0.1, 0.15) is 0 Å². The highest BCUT2D eigenvalue weighted by Gasteiger charge is 2.31. The molecule has 0 radical (unpaired) electrons. The van der Waals surface area contributed by atoms with Gasteiger partial charge in [0.15, 0.2) is 17.5 Å². The van der Waals surface area contributed by atoms with Crippen LogP contribution in [0.4, 0.5) is 42.1 Å². The number of carbonyl (C=O) groups excluding carboxylic acids is 2. The van der Waals surface area contributed by atoms with Gasteiger partial charge in [0, 0.05) is 90.5 Å². The number of methoxy groups -OCH3 is 2. The molecule has 9 aromatic rings. The molecule has 0 amide bonds. The second kappa shape index (κ2) is 31.3. The van der Waals surface area contributed by atoms with Crippen molar-refractivity contribution in [2.24, 2.45) is 11.8 Å². The smallest absolute Gasteiger partial charge is 0.305 e. The zero-order valence-electron chi connectivity index (χ0n) is 55.7. The maximum Gasteiger partial charge on any atom is 0.305 e. The van der Waals surface area contributed by atoms with Crippen LogP contribution in [0.3, 0.4) is 0 Å². The lowest BCUT2D eigenvalue weighted by atomic mass is 9.98. The van der Waals surface area contributed by atoms with E-state index in [1.807, 2.05) is 34.6 Å². The molecular weight excluding hydrogens is 1330 g/mol. The molecule has 21 nitrogen and oxygen atoms in total. The summed E-state index contributed by atoms with van der Waals surface area (Å²) in [5.74, 6) is -1.42. The summed E-state index contributed by atoms with van der Waals surface area (Å²) in [6, 6.07) is 19.6. The van der Waals surface area contributed by atoms with Crippen molar-refractivity contribution < 1.29 is 40.7 Å². The third-order valence-corrected chi connectivity index (χ3v) is 20.8. The molecule has 29 heteroatoms. The van der Waals surface area contributed by atoms with Gasteiger partial charge in [-0.25, -0.2) is 58.0 Å². The number of hydrogen-bond acceptors (Lipinski definition) is 22. The van der Waals surface area contributed by atoms with Crippen LogP contribution in [0.1, 0.15) is 117 Å². The predicted octanol–water partition coefficient (Wildman–Crippen LogP) is 14.9. The maximum absolute atomic E-state index is 15.9. The third kappa shape index (κ3) is 18.6. The van der Waals surface area contributed by atoms with Crippen molar-refractivity contribution in [3.63, 3.8) is 0 Å². The lowest BCUT2D eigenvalue weighted by molar-refractivity contribution is -0.142. The lowest BCUT2D eigenvalue weighted by Crippen LogP contribution is -2.33. The highest BCUT2D eigenvalue weighted by atomic mass is 35.5. The summed E-state index contributed by atoms with van der Waals surface area (Å²) in [6.45, 7) is 24.0. The van der Waals surface area contributed by atoms with Gasteiger partial charge in [0.2, 0.25) is 17.2 Å². The SMILES string of the molecule is CC(C)(C)c1nc(-c2cccc(N)c2F)c(-c2ccnc(Cl)n2)s1.COC(=O)C[C@@H](C)CNc1nccc(-c2sc(C(C)(C)C)nc2-c2cccc(N)c2F)n1.COC(=O)C[C@@H](C)CNc1nccc(-c2sc(C(C)(C)C)nc2-c2cccc(NS(=O)(=O)N3CCCC3)c2F)n1. The van der Waals surface area contributed by atoms with Gasteiger partial charge in [-0.15, -0.1) is 34.0 Å². The van der Waals surface area contributed by atoms with E-state index in [0.29, 0.717) is 94.7 Å². The molecule has 3 aromatic carbocycles. The van der Waals surface area contributed by atoms with E-state index >= 15 is 4.39 Å². The van der Waals surface area contributed by atoms with Gasteiger partial charge in [-0.3, -0.25) is 14.3 Å². The average molecular weight is 1410 g/mol. The number of nitrogens with zero attached hydrogens (tertiary/aromatic N) is 10. The molecule has 1 aliphatic heterocycles. The van der Waals surface area contributed by atoms with Crippen LogP contribution >= 0.6 is 45.6 Å². The highest BCUT2D eigenvalue weighted by Crippen LogP contribution is 2.45. The highest BCUT2D eigenvalue weighted by molar-refractivity contribution is 7.90. The van der Waals surface area contributed by atoms with Crippen molar-refractivity contribution >= 4 is 96.7 Å². The van der Waals surface area contributed by atoms with E-state index in [-0.39, 0.29) is 74.3 Å². The molecular formula is C67H79ClF3N15O6S4. The average Bonchev–Trinajstić information content (AvgIpc) is 1.62. The molecule has 7 heterocycles. The first-order valence-corrected chi connectivity index (χ1v) is 35.0. The molecule has 1 aliphatic rings. The minimum absolute atomic E-state index is 0.00709. The van der Waals surface area contributed by atoms with E-state index in [0.717, 1.165) is 37.6 Å². The molecule has 2 atom stereocenters. The van der Waals surface area contributed by atoms with Gasteiger partial charge in [-0.1, -0.05) is 94.4 Å². The molecule has 0 bridgehead atoms. The number of nitrogens with two attached hydrogens (primary N) is 2. The van der Waals surface area contributed by atoms with Gasteiger partial charge in [-0.2, -0.15) is 12.7 Å². The number of nitrogens with one attached hydrogen (secondary N) is 3. The number of aromatic nitrogens is 9. The molecule has 7 N–H and O–H groups in total. The molecule has 0 unspecified atom stereocenters. The normalized spacial score (nSPS) is 13.4. The summed E-state index contributed by atoms with van der Waals surface area (Å²) < 4.78 is 84.2. The Morgan fingerprint density at radius 3 is 1.30 bits per heavy atom. The van der Waals surface area contributed by atoms with Crippen LogP contribution in [0.5, 0.6) is 0 Å². The van der Waals surface area contributed by atoms with Crippen molar-refractivity contribution in [3.8, 4) is 65.5 Å². The van der Waals surface area contributed by atoms with Crippen molar-refractivity contribution in [3.05, 3.63) is 129 Å². The lowest BCUT2D eigenvalue weighted by Gasteiger charge is -2.18. The fourth-order valence-corrected chi connectivity index (χ4v) is 14.2. The Hall–Kier alpha value is -8.28. The quantitative estimate of drug-likeness (QED) is 0.0285. The van der Waals surface area contributed by atoms with Crippen molar-refractivity contribution in [1.29, 1.82) is 0 Å². The van der Waals surface area contributed by atoms with Crippen molar-refractivity contribution in [1.82, 2.24) is 49.2 Å². The van der Waals surface area contributed by atoms with Crippen LogP contribution in [-0.2, 0) is 45.5 Å². The van der Waals surface area contributed by atoms with Crippen LogP contribution in [0.25, 0.3) is 65.5 Å². The molecule has 96 heavy (non-hydrogen) atoms. The van der Waals surface area contributed by atoms with E-state index in [9.17, 15) is 26.8 Å². The number of halogens is 4. The third-order valence-electron chi connectivity index (χ3n) is 14.6. The summed E-state index contributed by atoms with van der Waals surface area (Å²) >= 11 is 10.3. The van der Waals surface area contributed by atoms with E-state index in [4.69, 9.17) is 42.5 Å². The molecule has 1 fully saturated rings. The molecule has 6 aromatic heterocycles. The summed E-state index contributed by atoms with van der Waals surface area (Å²) in [7, 11) is -1.15. The first-order valence-electron chi connectivity index (χ1n) is 30.7. The zero-order chi connectivity index (χ0) is 70.0. The van der Waals surface area contributed by atoms with Crippen molar-refractivity contribution in [2.75, 3.05) is 67.2 Å². The molecule has 0 aliphatic carbocycles. The largest absolute Gasteiger partial charge is 0.469 e. The predicted molar refractivity (Wildman–Crippen MR) is 377 cm³/mol. The first kappa shape index (κ1) is 73.5. The van der Waals surface area contributed by atoms with Gasteiger partial charge in [-0.05, 0) is 90.9 Å². The maximum atomic E-state index is 15.9. The number of rotatable bonds is 19. The number of ether oxygens (including phenoxy) is 2. The summed E-state index contributed by atoms with van der Waals surface area (Å²) in [5, 5.41) is 8.97. The van der Waals surface area contributed by atoms with Gasteiger partial charge in [0.05, 0.1) is 95.1 Å². The molecule has 10 rings (SSSR count). The van der Waals surface area contributed by atoms with Crippen LogP contribution in [0, 0.1) is 29.3 Å². The molecule has 510 valence electrons. The van der Waals surface area contributed by atoms with E-state index in [2.05, 4.69) is 91.8 Å². The fourth-order valence-electron chi connectivity index (χ4n) is 9.40. The van der Waals surface area contributed by atoms with E-state index in [1.165, 1.54) is 70.7 Å². The standard InChI is InChI=1S/C27H35FN6O4S2.C23H28FN5O2S.C17H16ClFN4S/c1-17(15-21(35)38-5)16-30-26-29-12-11-20(31-26)24-23(32-25(39-24)27(2,3)4)18-9-8-10-19(22(18)28)33-40(36,37)34-13-6-7-14-34;1-13(11-17(30)31-5)12-27-22-26-10-9-16(28-22)20-19(29-21(32-20)23(2,3)4)14-7-6-8-15(25)18(14)24;1-17(2,3)15-23-13(9-5-4-6-10(20)12(9)19)14(24-15)11-7-8-21-16(18)22-11/h8-12,17,33H,6-7,13-16H2,1-5H3,(H,29,30,31);6-10,13H,11-12,25H2,1-5H3,(H,26,27,28);4-8H,20H2,1-3H3/t17-;13-;/m11./s1. The number of benzene rings is 3. The number of thiazole rings is 3. The number of carbonyl (C=O) groups is 2. The number of esters is 2. The first-order chi connectivity index (χ1) is 45.3. The number of nitrogen functional groups attached to an aromatic ring is 2. The van der Waals surface area contributed by atoms with Crippen LogP contribution in [0.15, 0.2) is 91.4 Å². The monoisotopic (exact) mass is 1410 g/mol. The molecule has 0 spiro atoms. The van der Waals surface area contributed by atoms with E-state index < -0.39 is 27.7 Å². The van der Waals surface area contributed by atoms with Crippen molar-refractivity contribution in [2.45, 2.75) is 118 Å². The zero-order valence-corrected chi connectivity index (χ0v) is 59.7. The summed E-state index contributed by atoms with van der Waals surface area (Å²) in [6.07, 6.45) is 6.93. The van der Waals surface area contributed by atoms with E-state index in [1.54, 1.807) is 73.2 Å². The fraction of sp³-hybridized carbons (Fsp3) is 0.388. The van der Waals surface area contributed by atoms with Gasteiger partial charge in [0.25, 0.3) is 0 Å². The Morgan fingerprint density at radius 1 is 0.562 bits per heavy atom. The second-order valence-electron chi connectivity index (χ2n) is 25.9. The molecule has 0 saturated carbocycles. The summed E-state index contributed by atoms with van der Waals surface area (Å²) in [4.78, 5) is 65.4. The van der Waals surface area contributed by atoms with Crippen LogP contribution in [-0.4, -0.2) is 110 Å². The topological polar surface area (TPSA) is 294 Å². The minimum atomic E-state index is -3.88. The molecule has 1 saturated heterocycles. The Morgan fingerprint density at radius 2 is 0.927 bits per heavy atom. The Balaban J connectivity index is 0.000000190. The Labute approximate surface area is 574 Å². The minimum Gasteiger partial charge on any atom is -0.469 e. The van der Waals surface area contributed by atoms with Gasteiger partial charge < -0.3 is 31.6 Å². The Bertz CT molecular complexity index is 4340. The van der Waals surface area contributed by atoms with Crippen LogP contribution < -0.4 is 26.8 Å². The summed E-state index contributed by atoms with van der Waals surface area (Å²) in [5.41, 5.74) is 14.9. The second-order valence-corrected chi connectivity index (χ2v) is 30.9.